The quantitative estimate of drug-likeness (QED) is 0.328. The average Bonchev–Trinajstić information content (AvgIpc) is 2.88. The fraction of sp³-hybridized carbons (Fsp3) is 0.154. The van der Waals surface area contributed by atoms with Gasteiger partial charge >= 0.3 is 0 Å². The van der Waals surface area contributed by atoms with Crippen molar-refractivity contribution >= 4 is 40.3 Å². The molecular formula is C26H24ClN5O3. The molecule has 0 saturated carbocycles. The Bertz CT molecular complexity index is 1400. The summed E-state index contributed by atoms with van der Waals surface area (Å²) in [6.45, 7) is 2.17. The van der Waals surface area contributed by atoms with Crippen LogP contribution in [0.3, 0.4) is 0 Å². The molecular weight excluding hydrogens is 466 g/mol. The summed E-state index contributed by atoms with van der Waals surface area (Å²) in [6, 6.07) is 21.9. The predicted octanol–water partition coefficient (Wildman–Crippen LogP) is 3.55. The van der Waals surface area contributed by atoms with Crippen LogP contribution in [0.2, 0.25) is 5.02 Å². The Kier molecular flexibility index (Phi) is 7.42. The number of carbonyl (C=O) groups excluding carboxylic acids is 2. The summed E-state index contributed by atoms with van der Waals surface area (Å²) in [5, 5.41) is 3.78. The lowest BCUT2D eigenvalue weighted by molar-refractivity contribution is -0.122. The fourth-order valence-electron chi connectivity index (χ4n) is 3.66. The van der Waals surface area contributed by atoms with Gasteiger partial charge in [-0.05, 0) is 48.9 Å². The van der Waals surface area contributed by atoms with E-state index in [9.17, 15) is 14.4 Å². The van der Waals surface area contributed by atoms with Crippen molar-refractivity contribution in [2.75, 3.05) is 5.43 Å². The molecule has 9 heteroatoms. The molecule has 178 valence electrons. The van der Waals surface area contributed by atoms with E-state index >= 15 is 0 Å². The Balaban J connectivity index is 1.55. The zero-order valence-electron chi connectivity index (χ0n) is 19.0. The first kappa shape index (κ1) is 24.0. The minimum atomic E-state index is -0.893. The van der Waals surface area contributed by atoms with Crippen LogP contribution in [-0.2, 0) is 17.8 Å². The highest BCUT2D eigenvalue weighted by Gasteiger charge is 2.23. The molecule has 3 N–H and O–H groups in total. The Morgan fingerprint density at radius 3 is 2.37 bits per heavy atom. The molecule has 0 fully saturated rings. The van der Waals surface area contributed by atoms with Gasteiger partial charge < -0.3 is 5.32 Å². The number of amides is 2. The highest BCUT2D eigenvalue weighted by molar-refractivity contribution is 6.30. The SMILES string of the molecule is CCn1c(NNC(=O)C(Cc2ccccc2)NC(=O)c2ccc(Cl)cc2)nc2ccccc2c1=O. The van der Waals surface area contributed by atoms with Crippen LogP contribution >= 0.6 is 11.6 Å². The molecule has 4 aromatic rings. The van der Waals surface area contributed by atoms with Crippen LogP contribution in [-0.4, -0.2) is 27.4 Å². The van der Waals surface area contributed by atoms with E-state index < -0.39 is 17.9 Å². The second-order valence-electron chi connectivity index (χ2n) is 7.84. The van der Waals surface area contributed by atoms with Crippen LogP contribution in [0, 0.1) is 0 Å². The molecule has 0 radical (unpaired) electrons. The van der Waals surface area contributed by atoms with Crippen molar-refractivity contribution in [2.24, 2.45) is 0 Å². The van der Waals surface area contributed by atoms with Crippen molar-refractivity contribution in [3.8, 4) is 0 Å². The summed E-state index contributed by atoms with van der Waals surface area (Å²) in [7, 11) is 0. The Hall–Kier alpha value is -4.17. The molecule has 1 unspecified atom stereocenters. The van der Waals surface area contributed by atoms with Gasteiger partial charge in [0.25, 0.3) is 17.4 Å². The third kappa shape index (κ3) is 5.67. The van der Waals surface area contributed by atoms with Crippen molar-refractivity contribution < 1.29 is 9.59 Å². The van der Waals surface area contributed by atoms with Crippen LogP contribution < -0.4 is 21.7 Å². The zero-order chi connectivity index (χ0) is 24.8. The van der Waals surface area contributed by atoms with E-state index in [2.05, 4.69) is 21.2 Å². The number of para-hydroxylation sites is 1. The molecule has 1 aromatic heterocycles. The van der Waals surface area contributed by atoms with Gasteiger partial charge in [0.2, 0.25) is 5.95 Å². The summed E-state index contributed by atoms with van der Waals surface area (Å²) in [5.41, 5.74) is 6.92. The molecule has 1 heterocycles. The third-order valence-electron chi connectivity index (χ3n) is 5.49. The van der Waals surface area contributed by atoms with Gasteiger partial charge in [-0.25, -0.2) is 4.98 Å². The number of aromatic nitrogens is 2. The van der Waals surface area contributed by atoms with Crippen molar-refractivity contribution in [3.63, 3.8) is 0 Å². The van der Waals surface area contributed by atoms with Gasteiger partial charge in [0, 0.05) is 23.6 Å². The standard InChI is InChI=1S/C26H24ClN5O3/c1-2-32-25(35)20-10-6-7-11-21(20)29-26(32)31-30-24(34)22(16-17-8-4-3-5-9-17)28-23(33)18-12-14-19(27)15-13-18/h3-15,22H,2,16H2,1H3,(H,28,33)(H,29,31)(H,30,34). The number of nitrogens with one attached hydrogen (secondary N) is 3. The number of hydrogen-bond acceptors (Lipinski definition) is 5. The molecule has 3 aromatic carbocycles. The second-order valence-corrected chi connectivity index (χ2v) is 8.28. The van der Waals surface area contributed by atoms with Gasteiger partial charge in [-0.3, -0.25) is 29.8 Å². The number of rotatable bonds is 8. The van der Waals surface area contributed by atoms with Crippen LogP contribution in [0.15, 0.2) is 83.7 Å². The molecule has 0 aliphatic heterocycles. The zero-order valence-corrected chi connectivity index (χ0v) is 19.8. The van der Waals surface area contributed by atoms with Crippen LogP contribution in [0.4, 0.5) is 5.95 Å². The van der Waals surface area contributed by atoms with Crippen LogP contribution in [0.5, 0.6) is 0 Å². The third-order valence-corrected chi connectivity index (χ3v) is 5.74. The molecule has 0 saturated heterocycles. The monoisotopic (exact) mass is 489 g/mol. The predicted molar refractivity (Wildman–Crippen MR) is 136 cm³/mol. The summed E-state index contributed by atoms with van der Waals surface area (Å²) in [4.78, 5) is 43.3. The minimum Gasteiger partial charge on any atom is -0.340 e. The average molecular weight is 490 g/mol. The lowest BCUT2D eigenvalue weighted by Gasteiger charge is -2.20. The summed E-state index contributed by atoms with van der Waals surface area (Å²) < 4.78 is 1.43. The van der Waals surface area contributed by atoms with Crippen molar-refractivity contribution in [2.45, 2.75) is 25.9 Å². The van der Waals surface area contributed by atoms with Crippen molar-refractivity contribution in [1.82, 2.24) is 20.3 Å². The first-order valence-corrected chi connectivity index (χ1v) is 11.5. The van der Waals surface area contributed by atoms with E-state index in [0.717, 1.165) is 5.56 Å². The maximum Gasteiger partial charge on any atom is 0.262 e. The first-order chi connectivity index (χ1) is 17.0. The minimum absolute atomic E-state index is 0.201. The Morgan fingerprint density at radius 2 is 1.66 bits per heavy atom. The number of fused-ring (bicyclic) bond motifs is 1. The fourth-order valence-corrected chi connectivity index (χ4v) is 3.79. The first-order valence-electron chi connectivity index (χ1n) is 11.1. The largest absolute Gasteiger partial charge is 0.340 e. The van der Waals surface area contributed by atoms with E-state index in [1.54, 1.807) is 48.5 Å². The molecule has 0 bridgehead atoms. The Morgan fingerprint density at radius 1 is 0.971 bits per heavy atom. The number of anilines is 1. The molecule has 0 aliphatic rings. The highest BCUT2D eigenvalue weighted by Crippen LogP contribution is 2.12. The maximum atomic E-state index is 13.2. The van der Waals surface area contributed by atoms with Gasteiger partial charge in [-0.1, -0.05) is 54.1 Å². The topological polar surface area (TPSA) is 105 Å². The number of nitrogens with zero attached hydrogens (tertiary/aromatic N) is 2. The van der Waals surface area contributed by atoms with Crippen molar-refractivity contribution in [3.05, 3.63) is 105 Å². The summed E-state index contributed by atoms with van der Waals surface area (Å²) in [5.74, 6) is -0.694. The molecule has 8 nitrogen and oxygen atoms in total. The normalized spacial score (nSPS) is 11.6. The van der Waals surface area contributed by atoms with E-state index in [1.165, 1.54) is 4.57 Å². The molecule has 0 aliphatic carbocycles. The van der Waals surface area contributed by atoms with Crippen molar-refractivity contribution in [1.29, 1.82) is 0 Å². The molecule has 4 rings (SSSR count). The van der Waals surface area contributed by atoms with Gasteiger partial charge in [-0.2, -0.15) is 0 Å². The van der Waals surface area contributed by atoms with E-state index in [-0.39, 0.29) is 17.9 Å². The molecule has 1 atom stereocenters. The van der Waals surface area contributed by atoms with Crippen LogP contribution in [0.25, 0.3) is 10.9 Å². The van der Waals surface area contributed by atoms with Gasteiger partial charge in [0.05, 0.1) is 10.9 Å². The highest BCUT2D eigenvalue weighted by atomic mass is 35.5. The lowest BCUT2D eigenvalue weighted by atomic mass is 10.0. The van der Waals surface area contributed by atoms with E-state index in [4.69, 9.17) is 11.6 Å². The maximum absolute atomic E-state index is 13.2. The lowest BCUT2D eigenvalue weighted by Crippen LogP contribution is -2.50. The van der Waals surface area contributed by atoms with Gasteiger partial charge in [0.15, 0.2) is 0 Å². The van der Waals surface area contributed by atoms with Gasteiger partial charge in [-0.15, -0.1) is 0 Å². The molecule has 2 amide bonds. The summed E-state index contributed by atoms with van der Waals surface area (Å²) in [6.07, 6.45) is 0.263. The van der Waals surface area contributed by atoms with Crippen LogP contribution in [0.1, 0.15) is 22.8 Å². The smallest absolute Gasteiger partial charge is 0.262 e. The van der Waals surface area contributed by atoms with E-state index in [0.29, 0.717) is 28.0 Å². The number of hydrogen-bond donors (Lipinski definition) is 3. The summed E-state index contributed by atoms with van der Waals surface area (Å²) >= 11 is 5.92. The Labute approximate surface area is 206 Å². The molecule has 0 spiro atoms. The van der Waals surface area contributed by atoms with Gasteiger partial charge in [0.1, 0.15) is 6.04 Å². The molecule has 35 heavy (non-hydrogen) atoms. The van der Waals surface area contributed by atoms with E-state index in [1.807, 2.05) is 37.3 Å². The number of carbonyl (C=O) groups is 2. The number of hydrazine groups is 1. The number of benzene rings is 3. The second kappa shape index (κ2) is 10.8. The number of halogens is 1.